The van der Waals surface area contributed by atoms with Gasteiger partial charge < -0.3 is 19.5 Å². The van der Waals surface area contributed by atoms with Crippen LogP contribution in [0.5, 0.6) is 11.5 Å². The molecule has 1 aliphatic rings. The van der Waals surface area contributed by atoms with Crippen molar-refractivity contribution >= 4 is 11.6 Å². The number of aryl methyl sites for hydroxylation is 1. The summed E-state index contributed by atoms with van der Waals surface area (Å²) in [6, 6.07) is 10.00. The van der Waals surface area contributed by atoms with Crippen molar-refractivity contribution in [2.45, 2.75) is 32.0 Å². The number of rotatable bonds is 7. The molecular formula is C24H24F3N3O4. The predicted molar refractivity (Wildman–Crippen MR) is 119 cm³/mol. The summed E-state index contributed by atoms with van der Waals surface area (Å²) in [4.78, 5) is 13.0. The summed E-state index contributed by atoms with van der Waals surface area (Å²) in [5, 5.41) is 6.94. The number of nitrogens with one attached hydrogen (secondary N) is 1. The monoisotopic (exact) mass is 475 g/mol. The van der Waals surface area contributed by atoms with Gasteiger partial charge in [-0.3, -0.25) is 4.79 Å². The van der Waals surface area contributed by atoms with Crippen LogP contribution in [0.3, 0.4) is 0 Å². The van der Waals surface area contributed by atoms with Crippen molar-refractivity contribution in [3.63, 3.8) is 0 Å². The third kappa shape index (κ3) is 5.33. The molecule has 1 aromatic heterocycles. The number of alkyl halides is 3. The third-order valence-corrected chi connectivity index (χ3v) is 5.39. The zero-order valence-electron chi connectivity index (χ0n) is 18.7. The quantitative estimate of drug-likeness (QED) is 0.520. The van der Waals surface area contributed by atoms with E-state index in [1.807, 2.05) is 19.1 Å². The van der Waals surface area contributed by atoms with Gasteiger partial charge >= 0.3 is 6.18 Å². The van der Waals surface area contributed by atoms with Crippen molar-refractivity contribution in [3.05, 3.63) is 65.5 Å². The molecule has 2 aromatic carbocycles. The average molecular weight is 475 g/mol. The summed E-state index contributed by atoms with van der Waals surface area (Å²) < 4.78 is 57.2. The molecule has 180 valence electrons. The van der Waals surface area contributed by atoms with E-state index in [0.717, 1.165) is 30.5 Å². The first-order chi connectivity index (χ1) is 16.2. The highest BCUT2D eigenvalue weighted by atomic mass is 19.4. The number of aromatic nitrogens is 2. The van der Waals surface area contributed by atoms with E-state index < -0.39 is 17.6 Å². The first-order valence-electron chi connectivity index (χ1n) is 10.7. The van der Waals surface area contributed by atoms with Gasteiger partial charge in [-0.25, -0.2) is 4.68 Å². The van der Waals surface area contributed by atoms with E-state index in [2.05, 4.69) is 10.4 Å². The van der Waals surface area contributed by atoms with Gasteiger partial charge in [0.05, 0.1) is 36.3 Å². The summed E-state index contributed by atoms with van der Waals surface area (Å²) in [7, 11) is 1.35. The van der Waals surface area contributed by atoms with E-state index in [4.69, 9.17) is 14.2 Å². The fraction of sp³-hybridized carbons (Fsp3) is 0.333. The van der Waals surface area contributed by atoms with E-state index in [9.17, 15) is 18.0 Å². The van der Waals surface area contributed by atoms with Gasteiger partial charge in [0.1, 0.15) is 12.4 Å². The van der Waals surface area contributed by atoms with Crippen LogP contribution in [0.4, 0.5) is 18.9 Å². The Morgan fingerprint density at radius 2 is 2.06 bits per heavy atom. The number of anilines is 1. The second kappa shape index (κ2) is 9.76. The zero-order valence-corrected chi connectivity index (χ0v) is 18.7. The van der Waals surface area contributed by atoms with E-state index in [-0.39, 0.29) is 23.2 Å². The highest BCUT2D eigenvalue weighted by Crippen LogP contribution is 2.31. The number of halogens is 3. The minimum atomic E-state index is -4.50. The molecule has 1 atom stereocenters. The van der Waals surface area contributed by atoms with E-state index >= 15 is 0 Å². The van der Waals surface area contributed by atoms with Gasteiger partial charge in [0.15, 0.2) is 11.4 Å². The Hall–Kier alpha value is -3.53. The average Bonchev–Trinajstić information content (AvgIpc) is 3.48. The smallest absolute Gasteiger partial charge is 0.416 e. The first kappa shape index (κ1) is 23.6. The number of hydrogen-bond donors (Lipinski definition) is 1. The summed E-state index contributed by atoms with van der Waals surface area (Å²) in [5.74, 6) is 0.0115. The second-order valence-electron chi connectivity index (χ2n) is 7.94. The molecule has 0 bridgehead atoms. The standard InChI is InChI=1S/C24H24F3N3O4/c1-15-8-9-19(20(11-15)34-14-18-7-4-10-33-18)28-23(31)22-21(32-2)13-30(29-22)17-6-3-5-16(12-17)24(25,26)27/h3,5-6,8-9,11-13,18H,4,7,10,14H2,1-2H3,(H,28,31). The van der Waals surface area contributed by atoms with Crippen LogP contribution in [0, 0.1) is 6.92 Å². The van der Waals surface area contributed by atoms with Crippen LogP contribution < -0.4 is 14.8 Å². The van der Waals surface area contributed by atoms with Crippen molar-refractivity contribution < 1.29 is 32.2 Å². The number of amides is 1. The van der Waals surface area contributed by atoms with E-state index in [1.54, 1.807) is 6.07 Å². The van der Waals surface area contributed by atoms with Gasteiger partial charge in [-0.1, -0.05) is 12.1 Å². The molecule has 0 saturated carbocycles. The third-order valence-electron chi connectivity index (χ3n) is 5.39. The summed E-state index contributed by atoms with van der Waals surface area (Å²) in [6.45, 7) is 2.98. The fourth-order valence-electron chi connectivity index (χ4n) is 3.61. The highest BCUT2D eigenvalue weighted by molar-refractivity contribution is 6.05. The molecule has 7 nitrogen and oxygen atoms in total. The van der Waals surface area contributed by atoms with Crippen LogP contribution >= 0.6 is 0 Å². The summed E-state index contributed by atoms with van der Waals surface area (Å²) >= 11 is 0. The summed E-state index contributed by atoms with van der Waals surface area (Å²) in [5.41, 5.74) is 0.628. The normalized spacial score (nSPS) is 15.9. The second-order valence-corrected chi connectivity index (χ2v) is 7.94. The Balaban J connectivity index is 1.57. The van der Waals surface area contributed by atoms with Crippen LogP contribution in [-0.2, 0) is 10.9 Å². The Morgan fingerprint density at radius 3 is 2.76 bits per heavy atom. The van der Waals surface area contributed by atoms with Crippen LogP contribution in [-0.4, -0.2) is 42.1 Å². The molecule has 1 aliphatic heterocycles. The van der Waals surface area contributed by atoms with Gasteiger partial charge in [0, 0.05) is 6.61 Å². The van der Waals surface area contributed by atoms with Gasteiger partial charge in [-0.05, 0) is 55.7 Å². The van der Waals surface area contributed by atoms with E-state index in [1.165, 1.54) is 30.1 Å². The minimum Gasteiger partial charge on any atom is -0.493 e. The Morgan fingerprint density at radius 1 is 1.24 bits per heavy atom. The molecule has 3 aromatic rings. The molecule has 4 rings (SSSR count). The minimum absolute atomic E-state index is 0.00678. The van der Waals surface area contributed by atoms with Crippen molar-refractivity contribution in [1.29, 1.82) is 0 Å². The maximum atomic E-state index is 13.1. The van der Waals surface area contributed by atoms with Crippen LogP contribution in [0.1, 0.15) is 34.5 Å². The van der Waals surface area contributed by atoms with Crippen LogP contribution in [0.15, 0.2) is 48.7 Å². The number of carbonyl (C=O) groups excluding carboxylic acids is 1. The summed E-state index contributed by atoms with van der Waals surface area (Å²) in [6.07, 6.45) is -1.24. The number of benzene rings is 2. The van der Waals surface area contributed by atoms with Gasteiger partial charge in [-0.2, -0.15) is 18.3 Å². The Kier molecular flexibility index (Phi) is 6.78. The maximum Gasteiger partial charge on any atom is 0.416 e. The van der Waals surface area contributed by atoms with Gasteiger partial charge in [-0.15, -0.1) is 0 Å². The topological polar surface area (TPSA) is 74.6 Å². The van der Waals surface area contributed by atoms with Gasteiger partial charge in [0.25, 0.3) is 5.91 Å². The molecule has 1 saturated heterocycles. The zero-order chi connectivity index (χ0) is 24.3. The van der Waals surface area contributed by atoms with Crippen LogP contribution in [0.2, 0.25) is 0 Å². The first-order valence-corrected chi connectivity index (χ1v) is 10.7. The van der Waals surface area contributed by atoms with Crippen LogP contribution in [0.25, 0.3) is 5.69 Å². The van der Waals surface area contributed by atoms with Crippen molar-refractivity contribution in [2.75, 3.05) is 25.6 Å². The Bertz CT molecular complexity index is 1170. The largest absolute Gasteiger partial charge is 0.493 e. The molecule has 0 aliphatic carbocycles. The highest BCUT2D eigenvalue weighted by Gasteiger charge is 2.31. The SMILES string of the molecule is COc1cn(-c2cccc(C(F)(F)F)c2)nc1C(=O)Nc1ccc(C)cc1OCC1CCCO1. The molecule has 2 heterocycles. The molecule has 34 heavy (non-hydrogen) atoms. The van der Waals surface area contributed by atoms with E-state index in [0.29, 0.717) is 24.7 Å². The number of methoxy groups -OCH3 is 1. The molecule has 1 fully saturated rings. The fourth-order valence-corrected chi connectivity index (χ4v) is 3.61. The molecule has 1 unspecified atom stereocenters. The van der Waals surface area contributed by atoms with Gasteiger partial charge in [0.2, 0.25) is 0 Å². The van der Waals surface area contributed by atoms with Crippen molar-refractivity contribution in [1.82, 2.24) is 9.78 Å². The number of hydrogen-bond acceptors (Lipinski definition) is 5. The number of carbonyl (C=O) groups is 1. The van der Waals surface area contributed by atoms with Crippen molar-refractivity contribution in [3.8, 4) is 17.2 Å². The van der Waals surface area contributed by atoms with Crippen molar-refractivity contribution in [2.24, 2.45) is 0 Å². The molecule has 0 radical (unpaired) electrons. The predicted octanol–water partition coefficient (Wildman–Crippen LogP) is 5.02. The number of nitrogens with zero attached hydrogens (tertiary/aromatic N) is 2. The maximum absolute atomic E-state index is 13.1. The lowest BCUT2D eigenvalue weighted by atomic mass is 10.2. The number of ether oxygens (including phenoxy) is 3. The lowest BCUT2D eigenvalue weighted by Gasteiger charge is -2.15. The molecule has 1 N–H and O–H groups in total. The lowest BCUT2D eigenvalue weighted by molar-refractivity contribution is -0.137. The molecule has 10 heteroatoms. The molecule has 0 spiro atoms. The lowest BCUT2D eigenvalue weighted by Crippen LogP contribution is -2.18. The Labute approximate surface area is 194 Å². The molecular weight excluding hydrogens is 451 g/mol. The molecule has 1 amide bonds.